The molecular formula is C17H26BrN2O5P. The van der Waals surface area contributed by atoms with Gasteiger partial charge in [0.05, 0.1) is 18.3 Å². The van der Waals surface area contributed by atoms with E-state index in [2.05, 4.69) is 21.2 Å². The molecule has 0 saturated carbocycles. The normalized spacial score (nSPS) is 16.8. The summed E-state index contributed by atoms with van der Waals surface area (Å²) in [7, 11) is -3.71. The Hall–Kier alpha value is -1.21. The van der Waals surface area contributed by atoms with Gasteiger partial charge in [-0.05, 0) is 44.9 Å². The number of nitrogens with one attached hydrogen (secondary N) is 1. The van der Waals surface area contributed by atoms with Gasteiger partial charge >= 0.3 is 5.97 Å². The van der Waals surface area contributed by atoms with Crippen molar-refractivity contribution in [2.45, 2.75) is 39.0 Å². The first-order valence-electron chi connectivity index (χ1n) is 8.35. The van der Waals surface area contributed by atoms with E-state index in [1.807, 2.05) is 24.3 Å². The van der Waals surface area contributed by atoms with Crippen molar-refractivity contribution in [1.82, 2.24) is 5.32 Å². The van der Waals surface area contributed by atoms with Crippen molar-refractivity contribution in [3.05, 3.63) is 34.3 Å². The number of nitrogens with two attached hydrogens (primary N) is 1. The largest absolute Gasteiger partial charge is 0.464 e. The molecule has 0 aliphatic carbocycles. The SMILES string of the molecule is CCOC(=O)C(C)NC(=O)C(Cc1ccc(Br)cc1)CP(=O)(O)C(C)N. The monoisotopic (exact) mass is 448 g/mol. The van der Waals surface area contributed by atoms with Gasteiger partial charge in [-0.15, -0.1) is 0 Å². The second-order valence-electron chi connectivity index (χ2n) is 6.19. The minimum atomic E-state index is -3.71. The van der Waals surface area contributed by atoms with E-state index in [9.17, 15) is 19.0 Å². The summed E-state index contributed by atoms with van der Waals surface area (Å²) in [6.45, 7) is 4.83. The minimum absolute atomic E-state index is 0.206. The van der Waals surface area contributed by atoms with E-state index in [4.69, 9.17) is 10.5 Å². The fraction of sp³-hybridized carbons (Fsp3) is 0.529. The maximum Gasteiger partial charge on any atom is 0.328 e. The van der Waals surface area contributed by atoms with Crippen LogP contribution in [-0.4, -0.2) is 41.4 Å². The van der Waals surface area contributed by atoms with Crippen LogP contribution >= 0.6 is 23.3 Å². The van der Waals surface area contributed by atoms with E-state index in [1.165, 1.54) is 13.8 Å². The van der Waals surface area contributed by atoms with Gasteiger partial charge in [0.15, 0.2) is 0 Å². The highest BCUT2D eigenvalue weighted by atomic mass is 79.9. The van der Waals surface area contributed by atoms with Crippen LogP contribution in [0.2, 0.25) is 0 Å². The highest BCUT2D eigenvalue weighted by molar-refractivity contribution is 9.10. The van der Waals surface area contributed by atoms with Crippen molar-refractivity contribution in [2.24, 2.45) is 11.7 Å². The number of halogens is 1. The quantitative estimate of drug-likeness (QED) is 0.393. The van der Waals surface area contributed by atoms with Crippen LogP contribution in [-0.2, 0) is 25.3 Å². The third-order valence-corrected chi connectivity index (χ3v) is 6.65. The van der Waals surface area contributed by atoms with E-state index < -0.39 is 37.0 Å². The average Bonchev–Trinajstić information content (AvgIpc) is 2.56. The van der Waals surface area contributed by atoms with Gasteiger partial charge in [-0.2, -0.15) is 0 Å². The predicted octanol–water partition coefficient (Wildman–Crippen LogP) is 2.25. The van der Waals surface area contributed by atoms with Crippen molar-refractivity contribution < 1.29 is 23.8 Å². The molecular weight excluding hydrogens is 423 g/mol. The first-order chi connectivity index (χ1) is 12.1. The molecule has 0 fully saturated rings. The molecule has 1 aromatic rings. The molecule has 26 heavy (non-hydrogen) atoms. The molecule has 7 nitrogen and oxygen atoms in total. The second kappa shape index (κ2) is 10.2. The van der Waals surface area contributed by atoms with Crippen LogP contribution in [0.15, 0.2) is 28.7 Å². The molecule has 0 aromatic heterocycles. The lowest BCUT2D eigenvalue weighted by atomic mass is 10.00. The topological polar surface area (TPSA) is 119 Å². The first kappa shape index (κ1) is 22.8. The molecule has 0 aliphatic rings. The Labute approximate surface area is 162 Å². The Bertz CT molecular complexity index is 666. The van der Waals surface area contributed by atoms with E-state index >= 15 is 0 Å². The summed E-state index contributed by atoms with van der Waals surface area (Å²) < 4.78 is 18.1. The number of rotatable bonds is 9. The fourth-order valence-electron chi connectivity index (χ4n) is 2.28. The summed E-state index contributed by atoms with van der Waals surface area (Å²) in [5, 5.41) is 2.56. The van der Waals surface area contributed by atoms with Crippen LogP contribution < -0.4 is 11.1 Å². The van der Waals surface area contributed by atoms with Crippen LogP contribution in [0.1, 0.15) is 26.3 Å². The number of benzene rings is 1. The van der Waals surface area contributed by atoms with Gasteiger partial charge < -0.3 is 20.7 Å². The maximum atomic E-state index is 12.6. The summed E-state index contributed by atoms with van der Waals surface area (Å²) in [6, 6.07) is 6.47. The highest BCUT2D eigenvalue weighted by Crippen LogP contribution is 2.45. The van der Waals surface area contributed by atoms with Gasteiger partial charge in [0.1, 0.15) is 6.04 Å². The van der Waals surface area contributed by atoms with Crippen LogP contribution in [0.3, 0.4) is 0 Å². The number of ether oxygens (including phenoxy) is 1. The van der Waals surface area contributed by atoms with Crippen molar-refractivity contribution in [3.8, 4) is 0 Å². The summed E-state index contributed by atoms with van der Waals surface area (Å²) >= 11 is 3.34. The maximum absolute atomic E-state index is 12.6. The zero-order valence-corrected chi connectivity index (χ0v) is 17.6. The molecule has 0 radical (unpaired) electrons. The highest BCUT2D eigenvalue weighted by Gasteiger charge is 2.33. The van der Waals surface area contributed by atoms with Crippen LogP contribution in [0.25, 0.3) is 0 Å². The molecule has 4 atom stereocenters. The van der Waals surface area contributed by atoms with Gasteiger partial charge in [0.25, 0.3) is 0 Å². The molecule has 4 unspecified atom stereocenters. The van der Waals surface area contributed by atoms with Crippen LogP contribution in [0, 0.1) is 5.92 Å². The molecule has 0 heterocycles. The van der Waals surface area contributed by atoms with E-state index in [0.717, 1.165) is 10.0 Å². The molecule has 0 aliphatic heterocycles. The van der Waals surface area contributed by atoms with Crippen LogP contribution in [0.4, 0.5) is 0 Å². The van der Waals surface area contributed by atoms with Crippen molar-refractivity contribution in [3.63, 3.8) is 0 Å². The Morgan fingerprint density at radius 2 is 1.88 bits per heavy atom. The van der Waals surface area contributed by atoms with Gasteiger partial charge in [0, 0.05) is 10.6 Å². The number of esters is 1. The molecule has 4 N–H and O–H groups in total. The fourth-order valence-corrected chi connectivity index (χ4v) is 3.81. The molecule has 1 amide bonds. The Kier molecular flexibility index (Phi) is 8.96. The summed E-state index contributed by atoms with van der Waals surface area (Å²) in [4.78, 5) is 34.5. The lowest BCUT2D eigenvalue weighted by molar-refractivity contribution is -0.147. The molecule has 1 rings (SSSR count). The standard InChI is InChI=1S/C17H26BrN2O5P/c1-4-25-17(22)11(2)20-16(21)14(10-26(23,24)12(3)19)9-13-5-7-15(18)8-6-13/h5-8,11-12,14H,4,9-10,19H2,1-3H3,(H,20,21)(H,23,24). The van der Waals surface area contributed by atoms with Crippen LogP contribution in [0.5, 0.6) is 0 Å². The van der Waals surface area contributed by atoms with Gasteiger partial charge in [-0.25, -0.2) is 4.79 Å². The molecule has 1 aromatic carbocycles. The van der Waals surface area contributed by atoms with E-state index in [1.54, 1.807) is 6.92 Å². The van der Waals surface area contributed by atoms with Gasteiger partial charge in [-0.1, -0.05) is 28.1 Å². The Morgan fingerprint density at radius 1 is 1.31 bits per heavy atom. The van der Waals surface area contributed by atoms with Gasteiger partial charge in [-0.3, -0.25) is 9.36 Å². The number of carbonyl (C=O) groups is 2. The summed E-state index contributed by atoms with van der Waals surface area (Å²) in [5.41, 5.74) is 6.43. The number of carbonyl (C=O) groups excluding carboxylic acids is 2. The summed E-state index contributed by atoms with van der Waals surface area (Å²) in [5.74, 6) is -2.77. The van der Waals surface area contributed by atoms with Crippen molar-refractivity contribution in [1.29, 1.82) is 0 Å². The third-order valence-electron chi connectivity index (χ3n) is 3.88. The number of hydrogen-bond donors (Lipinski definition) is 3. The minimum Gasteiger partial charge on any atom is -0.464 e. The van der Waals surface area contributed by atoms with Crippen molar-refractivity contribution in [2.75, 3.05) is 12.8 Å². The zero-order chi connectivity index (χ0) is 19.9. The van der Waals surface area contributed by atoms with E-state index in [-0.39, 0.29) is 19.2 Å². The third kappa shape index (κ3) is 7.19. The molecule has 9 heteroatoms. The second-order valence-corrected chi connectivity index (χ2v) is 9.80. The molecule has 146 valence electrons. The average molecular weight is 449 g/mol. The molecule has 0 bridgehead atoms. The first-order valence-corrected chi connectivity index (χ1v) is 11.1. The lowest BCUT2D eigenvalue weighted by Crippen LogP contribution is -2.44. The zero-order valence-electron chi connectivity index (χ0n) is 15.1. The van der Waals surface area contributed by atoms with Crippen molar-refractivity contribution >= 4 is 35.2 Å². The summed E-state index contributed by atoms with van der Waals surface area (Å²) in [6.07, 6.45) is -0.00591. The smallest absolute Gasteiger partial charge is 0.328 e. The number of amides is 1. The molecule has 0 saturated heterocycles. The lowest BCUT2D eigenvalue weighted by Gasteiger charge is -2.23. The molecule has 0 spiro atoms. The predicted molar refractivity (Wildman–Crippen MR) is 104 cm³/mol. The Morgan fingerprint density at radius 3 is 2.38 bits per heavy atom. The van der Waals surface area contributed by atoms with E-state index in [0.29, 0.717) is 0 Å². The van der Waals surface area contributed by atoms with Gasteiger partial charge in [0.2, 0.25) is 13.3 Å². The Balaban J connectivity index is 2.95. The number of hydrogen-bond acceptors (Lipinski definition) is 5.